The van der Waals surface area contributed by atoms with Gasteiger partial charge < -0.3 is 14.3 Å². The Morgan fingerprint density at radius 1 is 1.47 bits per heavy atom. The monoisotopic (exact) mass is 254 g/mol. The largest absolute Gasteiger partial charge is 0.376 e. The van der Waals surface area contributed by atoms with E-state index in [0.717, 1.165) is 17.9 Å². The summed E-state index contributed by atoms with van der Waals surface area (Å²) in [5.74, 6) is 0.495. The molecular formula is C13H22N2OS. The van der Waals surface area contributed by atoms with Gasteiger partial charge in [-0.3, -0.25) is 0 Å². The first-order valence-corrected chi connectivity index (χ1v) is 6.99. The molecule has 1 aliphatic carbocycles. The molecule has 1 aliphatic rings. The molecule has 17 heavy (non-hydrogen) atoms. The average molecular weight is 254 g/mol. The van der Waals surface area contributed by atoms with Crippen LogP contribution >= 0.6 is 12.2 Å². The van der Waals surface area contributed by atoms with Crippen molar-refractivity contribution in [2.75, 3.05) is 6.61 Å². The molecule has 2 rings (SSSR count). The molecule has 4 heteroatoms. The molecule has 96 valence electrons. The van der Waals surface area contributed by atoms with Crippen molar-refractivity contribution in [1.29, 1.82) is 0 Å². The minimum atomic E-state index is 0.491. The smallest absolute Gasteiger partial charge is 0.177 e. The standard InChI is InChI=1S/C13H22N2OS/c1-10(2)12-9-14-13(17)15(12)7-8-16-11-5-3-4-6-11/h9-11H,3-8H2,1-2H3,(H,14,17). The minimum Gasteiger partial charge on any atom is -0.376 e. The predicted octanol–water partition coefficient (Wildman–Crippen LogP) is 3.63. The number of rotatable bonds is 5. The highest BCUT2D eigenvalue weighted by atomic mass is 32.1. The Labute approximate surface area is 108 Å². The highest BCUT2D eigenvalue weighted by Gasteiger charge is 2.15. The Balaban J connectivity index is 1.89. The molecule has 1 N–H and O–H groups in total. The van der Waals surface area contributed by atoms with Crippen LogP contribution in [0.1, 0.15) is 51.1 Å². The zero-order valence-electron chi connectivity index (χ0n) is 10.7. The van der Waals surface area contributed by atoms with Crippen molar-refractivity contribution >= 4 is 12.2 Å². The van der Waals surface area contributed by atoms with Gasteiger partial charge in [-0.15, -0.1) is 0 Å². The van der Waals surface area contributed by atoms with Crippen molar-refractivity contribution < 1.29 is 4.74 Å². The quantitative estimate of drug-likeness (QED) is 0.813. The number of ether oxygens (including phenoxy) is 1. The van der Waals surface area contributed by atoms with Crippen LogP contribution in [0.4, 0.5) is 0 Å². The van der Waals surface area contributed by atoms with Crippen molar-refractivity contribution in [3.05, 3.63) is 16.7 Å². The summed E-state index contributed by atoms with van der Waals surface area (Å²) in [6.07, 6.45) is 7.62. The molecule has 0 unspecified atom stereocenters. The summed E-state index contributed by atoms with van der Waals surface area (Å²) in [5.41, 5.74) is 1.27. The summed E-state index contributed by atoms with van der Waals surface area (Å²) in [5, 5.41) is 0. The summed E-state index contributed by atoms with van der Waals surface area (Å²) in [4.78, 5) is 3.12. The lowest BCUT2D eigenvalue weighted by Crippen LogP contribution is -2.15. The molecule has 1 aromatic heterocycles. The van der Waals surface area contributed by atoms with Crippen LogP contribution in [0.2, 0.25) is 0 Å². The Morgan fingerprint density at radius 3 is 2.82 bits per heavy atom. The Kier molecular flexibility index (Phi) is 4.40. The third-order valence-corrected chi connectivity index (χ3v) is 3.80. The van der Waals surface area contributed by atoms with E-state index in [1.54, 1.807) is 0 Å². The van der Waals surface area contributed by atoms with E-state index < -0.39 is 0 Å². The van der Waals surface area contributed by atoms with Crippen LogP contribution in [0.15, 0.2) is 6.20 Å². The van der Waals surface area contributed by atoms with Crippen LogP contribution in [0.3, 0.4) is 0 Å². The van der Waals surface area contributed by atoms with Crippen molar-refractivity contribution in [2.45, 2.75) is 58.1 Å². The van der Waals surface area contributed by atoms with Gasteiger partial charge in [0, 0.05) is 18.4 Å². The highest BCUT2D eigenvalue weighted by molar-refractivity contribution is 7.71. The van der Waals surface area contributed by atoms with E-state index in [4.69, 9.17) is 17.0 Å². The molecule has 1 aromatic rings. The van der Waals surface area contributed by atoms with Gasteiger partial charge in [0.2, 0.25) is 0 Å². The lowest BCUT2D eigenvalue weighted by atomic mass is 10.1. The number of aromatic amines is 1. The number of nitrogens with zero attached hydrogens (tertiary/aromatic N) is 1. The number of hydrogen-bond donors (Lipinski definition) is 1. The molecule has 0 bridgehead atoms. The summed E-state index contributed by atoms with van der Waals surface area (Å²) in [6.45, 7) is 6.02. The SMILES string of the molecule is CC(C)c1c[nH]c(=S)n1CCOC1CCCC1. The summed E-state index contributed by atoms with van der Waals surface area (Å²) in [7, 11) is 0. The van der Waals surface area contributed by atoms with Crippen LogP contribution in [0, 0.1) is 4.77 Å². The first kappa shape index (κ1) is 12.8. The number of imidazole rings is 1. The van der Waals surface area contributed by atoms with Gasteiger partial charge in [-0.1, -0.05) is 26.7 Å². The van der Waals surface area contributed by atoms with Gasteiger partial charge in [0.25, 0.3) is 0 Å². The van der Waals surface area contributed by atoms with Crippen molar-refractivity contribution in [2.24, 2.45) is 0 Å². The Hall–Kier alpha value is -0.610. The molecule has 0 amide bonds. The second-order valence-corrected chi connectivity index (χ2v) is 5.49. The Bertz CT molecular complexity index is 402. The van der Waals surface area contributed by atoms with Crippen molar-refractivity contribution in [3.63, 3.8) is 0 Å². The fourth-order valence-corrected chi connectivity index (χ4v) is 2.74. The second-order valence-electron chi connectivity index (χ2n) is 5.10. The molecule has 0 radical (unpaired) electrons. The van der Waals surface area contributed by atoms with E-state index in [0.29, 0.717) is 12.0 Å². The van der Waals surface area contributed by atoms with Crippen molar-refractivity contribution in [1.82, 2.24) is 9.55 Å². The maximum absolute atomic E-state index is 5.88. The fourth-order valence-electron chi connectivity index (χ4n) is 2.48. The van der Waals surface area contributed by atoms with Gasteiger partial charge in [0.05, 0.1) is 12.7 Å². The first-order chi connectivity index (χ1) is 8.18. The lowest BCUT2D eigenvalue weighted by Gasteiger charge is -2.14. The van der Waals surface area contributed by atoms with Gasteiger partial charge in [0.1, 0.15) is 0 Å². The van der Waals surface area contributed by atoms with Gasteiger partial charge in [-0.25, -0.2) is 0 Å². The van der Waals surface area contributed by atoms with E-state index in [9.17, 15) is 0 Å². The zero-order valence-corrected chi connectivity index (χ0v) is 11.6. The molecule has 1 saturated carbocycles. The molecule has 1 fully saturated rings. The molecular weight excluding hydrogens is 232 g/mol. The molecule has 0 aliphatic heterocycles. The van der Waals surface area contributed by atoms with Crippen LogP contribution in [-0.4, -0.2) is 22.3 Å². The maximum Gasteiger partial charge on any atom is 0.177 e. The third-order valence-electron chi connectivity index (χ3n) is 3.46. The van der Waals surface area contributed by atoms with E-state index in [1.807, 2.05) is 6.20 Å². The zero-order chi connectivity index (χ0) is 12.3. The molecule has 0 atom stereocenters. The predicted molar refractivity (Wildman–Crippen MR) is 71.9 cm³/mol. The summed E-state index contributed by atoms with van der Waals surface area (Å²) in [6, 6.07) is 0. The third kappa shape index (κ3) is 3.19. The second kappa shape index (κ2) is 5.83. The number of hydrogen-bond acceptors (Lipinski definition) is 2. The first-order valence-electron chi connectivity index (χ1n) is 6.58. The minimum absolute atomic E-state index is 0.491. The van der Waals surface area contributed by atoms with Gasteiger partial charge in [0.15, 0.2) is 4.77 Å². The fraction of sp³-hybridized carbons (Fsp3) is 0.769. The molecule has 0 aromatic carbocycles. The Morgan fingerprint density at radius 2 is 2.18 bits per heavy atom. The van der Waals surface area contributed by atoms with Crippen molar-refractivity contribution in [3.8, 4) is 0 Å². The number of H-pyrrole nitrogens is 1. The summed E-state index contributed by atoms with van der Waals surface area (Å²) < 4.78 is 8.86. The number of aromatic nitrogens is 2. The van der Waals surface area contributed by atoms with E-state index in [-0.39, 0.29) is 0 Å². The molecule has 1 heterocycles. The normalized spacial score (nSPS) is 17.1. The van der Waals surface area contributed by atoms with Crippen LogP contribution in [0.25, 0.3) is 0 Å². The highest BCUT2D eigenvalue weighted by Crippen LogP contribution is 2.21. The van der Waals surface area contributed by atoms with E-state index >= 15 is 0 Å². The molecule has 0 spiro atoms. The average Bonchev–Trinajstić information content (AvgIpc) is 2.89. The van der Waals surface area contributed by atoms with Gasteiger partial charge >= 0.3 is 0 Å². The van der Waals surface area contributed by atoms with E-state index in [1.165, 1.54) is 31.4 Å². The topological polar surface area (TPSA) is 29.9 Å². The van der Waals surface area contributed by atoms with E-state index in [2.05, 4.69) is 23.4 Å². The van der Waals surface area contributed by atoms with Gasteiger partial charge in [-0.2, -0.15) is 0 Å². The van der Waals surface area contributed by atoms with Crippen LogP contribution in [-0.2, 0) is 11.3 Å². The molecule has 0 saturated heterocycles. The summed E-state index contributed by atoms with van der Waals surface area (Å²) >= 11 is 5.29. The van der Waals surface area contributed by atoms with Crippen LogP contribution < -0.4 is 0 Å². The van der Waals surface area contributed by atoms with Crippen LogP contribution in [0.5, 0.6) is 0 Å². The number of nitrogens with one attached hydrogen (secondary N) is 1. The molecule has 3 nitrogen and oxygen atoms in total. The lowest BCUT2D eigenvalue weighted by molar-refractivity contribution is 0.0524. The van der Waals surface area contributed by atoms with Gasteiger partial charge in [-0.05, 0) is 31.0 Å². The maximum atomic E-state index is 5.88.